The number of rotatable bonds is 2. The lowest BCUT2D eigenvalue weighted by Gasteiger charge is -2.30. The molecule has 1 saturated heterocycles. The van der Waals surface area contributed by atoms with Gasteiger partial charge in [0.1, 0.15) is 35.2 Å². The van der Waals surface area contributed by atoms with Crippen molar-refractivity contribution in [2.75, 3.05) is 13.2 Å². The molecule has 0 unspecified atom stereocenters. The van der Waals surface area contributed by atoms with Crippen molar-refractivity contribution in [2.45, 2.75) is 24.7 Å². The van der Waals surface area contributed by atoms with Gasteiger partial charge in [-0.3, -0.25) is 0 Å². The van der Waals surface area contributed by atoms with Crippen molar-refractivity contribution < 1.29 is 18.0 Å². The molecule has 0 amide bonds. The molecule has 1 heterocycles. The SMILES string of the molecule is OC[C@@H]1C[C@H](OI)[C@H](O)CO1. The van der Waals surface area contributed by atoms with Crippen LogP contribution < -0.4 is 0 Å². The lowest BCUT2D eigenvalue weighted by molar-refractivity contribution is -0.115. The molecule has 0 aromatic carbocycles. The van der Waals surface area contributed by atoms with E-state index in [9.17, 15) is 5.11 Å². The topological polar surface area (TPSA) is 58.9 Å². The normalized spacial score (nSPS) is 39.0. The van der Waals surface area contributed by atoms with Gasteiger partial charge in [-0.05, 0) is 0 Å². The Hall–Kier alpha value is 0.570. The molecule has 0 aromatic heterocycles. The minimum absolute atomic E-state index is 0.0107. The molecule has 11 heavy (non-hydrogen) atoms. The highest BCUT2D eigenvalue weighted by atomic mass is 127. The van der Waals surface area contributed by atoms with Crippen molar-refractivity contribution in [2.24, 2.45) is 0 Å². The molecule has 0 spiro atoms. The van der Waals surface area contributed by atoms with Crippen LogP contribution in [0.5, 0.6) is 0 Å². The Labute approximate surface area is 79.2 Å². The molecular formula is C6H11IO4. The third-order valence-corrected chi connectivity index (χ3v) is 2.40. The fraction of sp³-hybridized carbons (Fsp3) is 1.00. The Morgan fingerprint density at radius 1 is 1.64 bits per heavy atom. The van der Waals surface area contributed by atoms with Crippen LogP contribution in [0.4, 0.5) is 0 Å². The second-order valence-corrected chi connectivity index (χ2v) is 3.08. The van der Waals surface area contributed by atoms with E-state index in [2.05, 4.69) is 0 Å². The number of halogens is 1. The van der Waals surface area contributed by atoms with Crippen LogP contribution >= 0.6 is 23.0 Å². The summed E-state index contributed by atoms with van der Waals surface area (Å²) in [5.74, 6) is 0. The number of aliphatic hydroxyl groups excluding tert-OH is 2. The van der Waals surface area contributed by atoms with Crippen LogP contribution in [0.3, 0.4) is 0 Å². The van der Waals surface area contributed by atoms with Gasteiger partial charge in [-0.1, -0.05) is 0 Å². The van der Waals surface area contributed by atoms with Gasteiger partial charge in [-0.25, -0.2) is 0 Å². The van der Waals surface area contributed by atoms with Crippen molar-refractivity contribution in [3.05, 3.63) is 0 Å². The average Bonchev–Trinajstić information content (AvgIpc) is 2.05. The van der Waals surface area contributed by atoms with Crippen LogP contribution in [0.1, 0.15) is 6.42 Å². The molecular weight excluding hydrogens is 263 g/mol. The summed E-state index contributed by atoms with van der Waals surface area (Å²) in [5.41, 5.74) is 0. The molecule has 1 fully saturated rings. The highest BCUT2D eigenvalue weighted by Crippen LogP contribution is 2.18. The van der Waals surface area contributed by atoms with E-state index in [1.807, 2.05) is 0 Å². The Morgan fingerprint density at radius 2 is 2.36 bits per heavy atom. The van der Waals surface area contributed by atoms with Crippen molar-refractivity contribution >= 4 is 23.0 Å². The maximum absolute atomic E-state index is 9.25. The third kappa shape index (κ3) is 2.51. The van der Waals surface area contributed by atoms with E-state index in [4.69, 9.17) is 12.9 Å². The van der Waals surface area contributed by atoms with Crippen LogP contribution in [0.15, 0.2) is 0 Å². The number of hydrogen-bond donors (Lipinski definition) is 2. The smallest absolute Gasteiger partial charge is 0.110 e. The Bertz CT molecular complexity index is 121. The maximum atomic E-state index is 9.25. The Kier molecular flexibility index (Phi) is 4.00. The molecule has 3 atom stereocenters. The summed E-state index contributed by atoms with van der Waals surface area (Å²) in [7, 11) is 0. The molecule has 0 bridgehead atoms. The van der Waals surface area contributed by atoms with E-state index in [0.717, 1.165) is 0 Å². The predicted molar refractivity (Wildman–Crippen MR) is 46.3 cm³/mol. The quantitative estimate of drug-likeness (QED) is 0.688. The zero-order valence-electron chi connectivity index (χ0n) is 5.94. The second kappa shape index (κ2) is 4.56. The molecule has 1 aliphatic heterocycles. The standard InChI is InChI=1S/C6H11IO4/c7-11-6-1-4(2-8)10-3-5(6)9/h4-6,8-9H,1-3H2/t4-,5+,6-/m0/s1. The van der Waals surface area contributed by atoms with Crippen LogP contribution in [0.2, 0.25) is 0 Å². The van der Waals surface area contributed by atoms with Gasteiger partial charge in [0.25, 0.3) is 0 Å². The highest BCUT2D eigenvalue weighted by molar-refractivity contribution is 14.1. The largest absolute Gasteiger partial charge is 0.394 e. The average molecular weight is 274 g/mol. The molecule has 0 radical (unpaired) electrons. The monoisotopic (exact) mass is 274 g/mol. The van der Waals surface area contributed by atoms with Crippen molar-refractivity contribution in [3.63, 3.8) is 0 Å². The van der Waals surface area contributed by atoms with Crippen LogP contribution in [-0.4, -0.2) is 41.7 Å². The van der Waals surface area contributed by atoms with Gasteiger partial charge in [0.2, 0.25) is 0 Å². The van der Waals surface area contributed by atoms with E-state index >= 15 is 0 Å². The van der Waals surface area contributed by atoms with Gasteiger partial charge in [0.15, 0.2) is 0 Å². The first-order chi connectivity index (χ1) is 5.27. The first-order valence-electron chi connectivity index (χ1n) is 3.46. The lowest BCUT2D eigenvalue weighted by atomic mass is 10.0. The van der Waals surface area contributed by atoms with Crippen LogP contribution in [0.25, 0.3) is 0 Å². The van der Waals surface area contributed by atoms with Gasteiger partial charge in [-0.15, -0.1) is 0 Å². The zero-order valence-corrected chi connectivity index (χ0v) is 8.10. The van der Waals surface area contributed by atoms with Gasteiger partial charge in [0, 0.05) is 6.42 Å². The van der Waals surface area contributed by atoms with Gasteiger partial charge >= 0.3 is 0 Å². The fourth-order valence-corrected chi connectivity index (χ4v) is 1.60. The van der Waals surface area contributed by atoms with Crippen molar-refractivity contribution in [1.29, 1.82) is 0 Å². The molecule has 0 saturated carbocycles. The molecule has 5 heteroatoms. The predicted octanol–water partition coefficient (Wildman–Crippen LogP) is -0.136. The zero-order chi connectivity index (χ0) is 8.27. The summed E-state index contributed by atoms with van der Waals surface area (Å²) in [4.78, 5) is 0. The van der Waals surface area contributed by atoms with Crippen molar-refractivity contribution in [1.82, 2.24) is 0 Å². The van der Waals surface area contributed by atoms with Crippen LogP contribution in [0, 0.1) is 0 Å². The van der Waals surface area contributed by atoms with Gasteiger partial charge < -0.3 is 18.0 Å². The number of ether oxygens (including phenoxy) is 1. The van der Waals surface area contributed by atoms with Gasteiger partial charge in [0.05, 0.1) is 19.3 Å². The maximum Gasteiger partial charge on any atom is 0.110 e. The molecule has 0 aliphatic carbocycles. The molecule has 4 nitrogen and oxygen atoms in total. The van der Waals surface area contributed by atoms with E-state index in [1.54, 1.807) is 23.0 Å². The Balaban J connectivity index is 2.37. The Morgan fingerprint density at radius 3 is 2.91 bits per heavy atom. The number of aliphatic hydroxyl groups is 2. The van der Waals surface area contributed by atoms with Gasteiger partial charge in [-0.2, -0.15) is 0 Å². The molecule has 2 N–H and O–H groups in total. The first-order valence-corrected chi connectivity index (χ1v) is 4.34. The summed E-state index contributed by atoms with van der Waals surface area (Å²) in [5, 5.41) is 18.0. The lowest BCUT2D eigenvalue weighted by Crippen LogP contribution is -2.42. The third-order valence-electron chi connectivity index (χ3n) is 1.75. The second-order valence-electron chi connectivity index (χ2n) is 2.57. The van der Waals surface area contributed by atoms with E-state index in [-0.39, 0.29) is 25.4 Å². The highest BCUT2D eigenvalue weighted by Gasteiger charge is 2.29. The summed E-state index contributed by atoms with van der Waals surface area (Å²) >= 11 is 1.75. The van der Waals surface area contributed by atoms with E-state index in [0.29, 0.717) is 6.42 Å². The molecule has 66 valence electrons. The minimum atomic E-state index is -0.560. The minimum Gasteiger partial charge on any atom is -0.394 e. The first kappa shape index (κ1) is 9.66. The van der Waals surface area contributed by atoms with E-state index < -0.39 is 6.10 Å². The molecule has 1 aliphatic rings. The van der Waals surface area contributed by atoms with Crippen LogP contribution in [-0.2, 0) is 7.80 Å². The molecule has 0 aromatic rings. The van der Waals surface area contributed by atoms with E-state index in [1.165, 1.54) is 0 Å². The van der Waals surface area contributed by atoms with Crippen molar-refractivity contribution in [3.8, 4) is 0 Å². The fourth-order valence-electron chi connectivity index (χ4n) is 1.05. The summed E-state index contributed by atoms with van der Waals surface area (Å²) in [6.45, 7) is 0.238. The summed E-state index contributed by atoms with van der Waals surface area (Å²) in [6, 6.07) is 0. The number of hydrogen-bond acceptors (Lipinski definition) is 4. The molecule has 1 rings (SSSR count). The summed E-state index contributed by atoms with van der Waals surface area (Å²) in [6.07, 6.45) is -0.394. The summed E-state index contributed by atoms with van der Waals surface area (Å²) < 4.78 is 10.1.